The molecule has 0 saturated heterocycles. The Labute approximate surface area is 194 Å². The van der Waals surface area contributed by atoms with Crippen molar-refractivity contribution in [2.75, 3.05) is 0 Å². The molecule has 0 radical (unpaired) electrons. The molecule has 0 aliphatic carbocycles. The fourth-order valence-electron chi connectivity index (χ4n) is 3.93. The summed E-state index contributed by atoms with van der Waals surface area (Å²) in [5, 5.41) is 14.0. The van der Waals surface area contributed by atoms with E-state index in [1.54, 1.807) is 22.8 Å². The number of nitrogens with zero attached hydrogens (tertiary/aromatic N) is 3. The van der Waals surface area contributed by atoms with Crippen molar-refractivity contribution in [3.8, 4) is 23.5 Å². The number of hydrogen-bond acceptors (Lipinski definition) is 3. The molecule has 3 rings (SSSR count). The zero-order valence-electron chi connectivity index (χ0n) is 19.2. The Balaban J connectivity index is 1.81. The molecule has 6 heteroatoms. The predicted octanol–water partition coefficient (Wildman–Crippen LogP) is 4.99. The van der Waals surface area contributed by atoms with Crippen molar-refractivity contribution in [3.05, 3.63) is 76.0 Å². The van der Waals surface area contributed by atoms with Gasteiger partial charge in [-0.15, -0.1) is 12.3 Å². The standard InChI is InChI=1S/C27H31N3O3/c1-3-5-7-8-9-14-25-28-30(19-6-4-2)27(33)29(25)20-21-15-17-22(18-16-21)23-12-10-11-13-24(23)26(31)32/h2,10-13,15-18H,3,5-9,14,19-20H2,1H3,(H,31,32). The molecular weight excluding hydrogens is 414 g/mol. The van der Waals surface area contributed by atoms with E-state index in [9.17, 15) is 14.7 Å². The van der Waals surface area contributed by atoms with Gasteiger partial charge in [-0.25, -0.2) is 14.3 Å². The van der Waals surface area contributed by atoms with Crippen molar-refractivity contribution in [3.63, 3.8) is 0 Å². The number of carbonyl (C=O) groups is 1. The second-order valence-corrected chi connectivity index (χ2v) is 8.17. The Morgan fingerprint density at radius 2 is 1.79 bits per heavy atom. The summed E-state index contributed by atoms with van der Waals surface area (Å²) in [5.74, 6) is 2.40. The molecule has 0 fully saturated rings. The van der Waals surface area contributed by atoms with Crippen molar-refractivity contribution < 1.29 is 9.90 Å². The second kappa shape index (κ2) is 11.9. The van der Waals surface area contributed by atoms with Gasteiger partial charge in [-0.1, -0.05) is 75.1 Å². The molecular formula is C27H31N3O3. The normalized spacial score (nSPS) is 10.8. The van der Waals surface area contributed by atoms with Gasteiger partial charge in [0.2, 0.25) is 0 Å². The molecule has 0 bridgehead atoms. The van der Waals surface area contributed by atoms with Crippen LogP contribution in [0.5, 0.6) is 0 Å². The van der Waals surface area contributed by atoms with Crippen molar-refractivity contribution in [1.29, 1.82) is 0 Å². The average molecular weight is 446 g/mol. The smallest absolute Gasteiger partial charge is 0.346 e. The maximum absolute atomic E-state index is 13.0. The average Bonchev–Trinajstić information content (AvgIpc) is 3.12. The third-order valence-electron chi connectivity index (χ3n) is 5.73. The van der Waals surface area contributed by atoms with E-state index < -0.39 is 5.97 Å². The van der Waals surface area contributed by atoms with Gasteiger partial charge in [-0.2, -0.15) is 5.10 Å². The second-order valence-electron chi connectivity index (χ2n) is 8.17. The van der Waals surface area contributed by atoms with Crippen LogP contribution in [0.25, 0.3) is 11.1 Å². The number of terminal acetylenes is 1. The number of rotatable bonds is 12. The summed E-state index contributed by atoms with van der Waals surface area (Å²) in [4.78, 5) is 24.5. The van der Waals surface area contributed by atoms with E-state index in [-0.39, 0.29) is 11.3 Å². The molecule has 1 N–H and O–H groups in total. The van der Waals surface area contributed by atoms with E-state index in [2.05, 4.69) is 17.9 Å². The summed E-state index contributed by atoms with van der Waals surface area (Å²) >= 11 is 0. The molecule has 0 saturated carbocycles. The van der Waals surface area contributed by atoms with E-state index in [0.717, 1.165) is 36.2 Å². The quantitative estimate of drug-likeness (QED) is 0.315. The highest BCUT2D eigenvalue weighted by Gasteiger charge is 2.14. The summed E-state index contributed by atoms with van der Waals surface area (Å²) in [7, 11) is 0. The third-order valence-corrected chi connectivity index (χ3v) is 5.73. The van der Waals surface area contributed by atoms with Crippen LogP contribution in [0.1, 0.15) is 67.2 Å². The third kappa shape index (κ3) is 6.23. The van der Waals surface area contributed by atoms with Crippen molar-refractivity contribution >= 4 is 5.97 Å². The SMILES string of the molecule is C#CCCn1nc(CCCCCCC)n(Cc2ccc(-c3ccccc3C(=O)O)cc2)c1=O. The van der Waals surface area contributed by atoms with Gasteiger partial charge in [-0.3, -0.25) is 4.57 Å². The van der Waals surface area contributed by atoms with Crippen LogP contribution in [-0.2, 0) is 19.5 Å². The van der Waals surface area contributed by atoms with Crippen LogP contribution in [0.2, 0.25) is 0 Å². The molecule has 6 nitrogen and oxygen atoms in total. The molecule has 3 aromatic rings. The van der Waals surface area contributed by atoms with Gasteiger partial charge in [0, 0.05) is 12.8 Å². The maximum atomic E-state index is 13.0. The first-order valence-corrected chi connectivity index (χ1v) is 11.6. The monoisotopic (exact) mass is 445 g/mol. The van der Waals surface area contributed by atoms with Gasteiger partial charge in [0.05, 0.1) is 18.7 Å². The highest BCUT2D eigenvalue weighted by atomic mass is 16.4. The molecule has 1 aromatic heterocycles. The van der Waals surface area contributed by atoms with Crippen molar-refractivity contribution in [1.82, 2.24) is 14.3 Å². The number of unbranched alkanes of at least 4 members (excludes halogenated alkanes) is 4. The summed E-state index contributed by atoms with van der Waals surface area (Å²) in [6.45, 7) is 3.02. The number of carboxylic acids is 1. The summed E-state index contributed by atoms with van der Waals surface area (Å²) in [6, 6.07) is 14.6. The Morgan fingerprint density at radius 3 is 2.48 bits per heavy atom. The molecule has 0 atom stereocenters. The highest BCUT2D eigenvalue weighted by molar-refractivity contribution is 5.95. The van der Waals surface area contributed by atoms with Gasteiger partial charge in [0.25, 0.3) is 0 Å². The van der Waals surface area contributed by atoms with Gasteiger partial charge in [-0.05, 0) is 29.2 Å². The molecule has 2 aromatic carbocycles. The highest BCUT2D eigenvalue weighted by Crippen LogP contribution is 2.24. The molecule has 0 spiro atoms. The van der Waals surface area contributed by atoms with E-state index in [1.807, 2.05) is 30.3 Å². The van der Waals surface area contributed by atoms with Crippen LogP contribution < -0.4 is 5.69 Å². The minimum absolute atomic E-state index is 0.144. The van der Waals surface area contributed by atoms with Crippen LogP contribution in [-0.4, -0.2) is 25.4 Å². The molecule has 1 heterocycles. The molecule has 0 amide bonds. The Kier molecular flexibility index (Phi) is 8.65. The number of benzene rings is 2. The Morgan fingerprint density at radius 1 is 1.06 bits per heavy atom. The Hall–Kier alpha value is -3.59. The van der Waals surface area contributed by atoms with Crippen LogP contribution >= 0.6 is 0 Å². The number of aromatic nitrogens is 3. The first-order valence-electron chi connectivity index (χ1n) is 11.6. The molecule has 33 heavy (non-hydrogen) atoms. The lowest BCUT2D eigenvalue weighted by Crippen LogP contribution is -2.26. The molecule has 172 valence electrons. The minimum atomic E-state index is -0.954. The number of aromatic carboxylic acids is 1. The number of aryl methyl sites for hydroxylation is 2. The predicted molar refractivity (Wildman–Crippen MR) is 130 cm³/mol. The Bertz CT molecular complexity index is 1170. The van der Waals surface area contributed by atoms with Crippen LogP contribution in [0.3, 0.4) is 0 Å². The number of hydrogen-bond donors (Lipinski definition) is 1. The lowest BCUT2D eigenvalue weighted by Gasteiger charge is -2.09. The lowest BCUT2D eigenvalue weighted by molar-refractivity contribution is 0.0697. The van der Waals surface area contributed by atoms with Crippen LogP contribution in [0, 0.1) is 12.3 Å². The van der Waals surface area contributed by atoms with Gasteiger partial charge in [0.1, 0.15) is 5.82 Å². The number of carboxylic acid groups (broad SMARTS) is 1. The fraction of sp³-hybridized carbons (Fsp3) is 0.370. The van der Waals surface area contributed by atoms with Gasteiger partial charge in [0.15, 0.2) is 0 Å². The topological polar surface area (TPSA) is 77.1 Å². The van der Waals surface area contributed by atoms with Crippen molar-refractivity contribution in [2.24, 2.45) is 0 Å². The van der Waals surface area contributed by atoms with E-state index >= 15 is 0 Å². The van der Waals surface area contributed by atoms with E-state index in [0.29, 0.717) is 25.1 Å². The fourth-order valence-corrected chi connectivity index (χ4v) is 3.93. The van der Waals surface area contributed by atoms with Gasteiger partial charge < -0.3 is 5.11 Å². The van der Waals surface area contributed by atoms with E-state index in [1.165, 1.54) is 23.9 Å². The van der Waals surface area contributed by atoms with Crippen molar-refractivity contribution in [2.45, 2.75) is 65.0 Å². The minimum Gasteiger partial charge on any atom is -0.478 e. The maximum Gasteiger partial charge on any atom is 0.346 e. The van der Waals surface area contributed by atoms with Crippen LogP contribution in [0.15, 0.2) is 53.3 Å². The largest absolute Gasteiger partial charge is 0.478 e. The molecule has 0 aliphatic heterocycles. The zero-order valence-corrected chi connectivity index (χ0v) is 19.2. The lowest BCUT2D eigenvalue weighted by atomic mass is 9.99. The molecule has 0 aliphatic rings. The summed E-state index contributed by atoms with van der Waals surface area (Å²) < 4.78 is 3.20. The zero-order chi connectivity index (χ0) is 23.6. The summed E-state index contributed by atoms with van der Waals surface area (Å²) in [6.07, 6.45) is 12.3. The first kappa shape index (κ1) is 24.1. The first-order chi connectivity index (χ1) is 16.0. The van der Waals surface area contributed by atoms with Gasteiger partial charge >= 0.3 is 11.7 Å². The molecule has 0 unspecified atom stereocenters. The summed E-state index contributed by atoms with van der Waals surface area (Å²) in [5.41, 5.74) is 2.57. The van der Waals surface area contributed by atoms with E-state index in [4.69, 9.17) is 6.42 Å². The van der Waals surface area contributed by atoms with Crippen LogP contribution in [0.4, 0.5) is 0 Å².